The number of rotatable bonds is 4. The first-order valence-corrected chi connectivity index (χ1v) is 8.02. The maximum atomic E-state index is 13.8. The maximum absolute atomic E-state index is 13.8. The van der Waals surface area contributed by atoms with E-state index in [-0.39, 0.29) is 17.0 Å². The van der Waals surface area contributed by atoms with Crippen LogP contribution in [0.25, 0.3) is 0 Å². The normalized spacial score (nSPS) is 14.3. The van der Waals surface area contributed by atoms with Crippen molar-refractivity contribution in [3.8, 4) is 0 Å². The van der Waals surface area contributed by atoms with E-state index in [2.05, 4.69) is 5.32 Å². The maximum Gasteiger partial charge on any atom is 0.177 e. The summed E-state index contributed by atoms with van der Waals surface area (Å²) in [6, 6.07) is 1.86. The van der Waals surface area contributed by atoms with E-state index in [1.807, 2.05) is 20.8 Å². The van der Waals surface area contributed by atoms with Gasteiger partial charge in [0.2, 0.25) is 0 Å². The molecule has 20 heavy (non-hydrogen) atoms. The van der Waals surface area contributed by atoms with Gasteiger partial charge in [0.25, 0.3) is 0 Å². The van der Waals surface area contributed by atoms with Gasteiger partial charge in [0.1, 0.15) is 5.82 Å². The Hall–Kier alpha value is -1.18. The molecule has 0 aromatic heterocycles. The van der Waals surface area contributed by atoms with Crippen LogP contribution in [0.4, 0.5) is 10.1 Å². The molecule has 1 atom stereocenters. The molecule has 0 aliphatic rings. The molecule has 5 nitrogen and oxygen atoms in total. The van der Waals surface area contributed by atoms with Crippen LogP contribution in [-0.4, -0.2) is 31.9 Å². The fraction of sp³-hybridized carbons (Fsp3) is 0.538. The third-order valence-electron chi connectivity index (χ3n) is 2.71. The number of nitrogens with one attached hydrogen (secondary N) is 1. The summed E-state index contributed by atoms with van der Waals surface area (Å²) in [7, 11) is -3.64. The minimum atomic E-state index is -3.64. The van der Waals surface area contributed by atoms with Gasteiger partial charge < -0.3 is 16.2 Å². The van der Waals surface area contributed by atoms with Crippen molar-refractivity contribution in [1.29, 1.82) is 0 Å². The molecule has 0 aliphatic carbocycles. The van der Waals surface area contributed by atoms with Crippen LogP contribution in [-0.2, 0) is 9.84 Å². The highest BCUT2D eigenvalue weighted by molar-refractivity contribution is 7.90. The standard InChI is InChI=1S/C13H21FN2O3S/c1-13(2,3)16-10(7-17)8-5-9(14)12(15)11(6-8)20(4,18)19/h5-6,10,16-17H,7,15H2,1-4H3. The quantitative estimate of drug-likeness (QED) is 0.728. The summed E-state index contributed by atoms with van der Waals surface area (Å²) in [6.07, 6.45) is 0.965. The Morgan fingerprint density at radius 3 is 2.35 bits per heavy atom. The number of nitrogen functional groups attached to an aromatic ring is 1. The molecule has 0 saturated carbocycles. The molecule has 0 spiro atoms. The van der Waals surface area contributed by atoms with Gasteiger partial charge in [-0.05, 0) is 38.5 Å². The van der Waals surface area contributed by atoms with Crippen molar-refractivity contribution < 1.29 is 17.9 Å². The highest BCUT2D eigenvalue weighted by atomic mass is 32.2. The van der Waals surface area contributed by atoms with Crippen molar-refractivity contribution in [2.75, 3.05) is 18.6 Å². The number of hydrogen-bond donors (Lipinski definition) is 3. The van der Waals surface area contributed by atoms with Crippen molar-refractivity contribution in [1.82, 2.24) is 5.32 Å². The first-order valence-electron chi connectivity index (χ1n) is 6.13. The summed E-state index contributed by atoms with van der Waals surface area (Å²) in [5.74, 6) is -0.808. The third-order valence-corrected chi connectivity index (χ3v) is 3.84. The van der Waals surface area contributed by atoms with Crippen LogP contribution in [0.5, 0.6) is 0 Å². The largest absolute Gasteiger partial charge is 0.395 e. The summed E-state index contributed by atoms with van der Waals surface area (Å²) in [5.41, 5.74) is 5.09. The minimum absolute atomic E-state index is 0.262. The Bertz CT molecular complexity index is 594. The van der Waals surface area contributed by atoms with Gasteiger partial charge in [0.05, 0.1) is 23.2 Å². The Morgan fingerprint density at radius 2 is 1.95 bits per heavy atom. The number of anilines is 1. The van der Waals surface area contributed by atoms with Gasteiger partial charge in [-0.2, -0.15) is 0 Å². The van der Waals surface area contributed by atoms with Gasteiger partial charge in [-0.15, -0.1) is 0 Å². The van der Waals surface area contributed by atoms with Gasteiger partial charge in [-0.3, -0.25) is 0 Å². The zero-order valence-electron chi connectivity index (χ0n) is 12.1. The second-order valence-corrected chi connectivity index (χ2v) is 7.80. The van der Waals surface area contributed by atoms with E-state index in [1.54, 1.807) is 0 Å². The molecule has 0 aliphatic heterocycles. The smallest absolute Gasteiger partial charge is 0.177 e. The lowest BCUT2D eigenvalue weighted by atomic mass is 10.0. The van der Waals surface area contributed by atoms with Crippen LogP contribution in [0.3, 0.4) is 0 Å². The number of nitrogens with two attached hydrogens (primary N) is 1. The highest BCUT2D eigenvalue weighted by Gasteiger charge is 2.23. The molecule has 0 amide bonds. The number of halogens is 1. The molecule has 0 saturated heterocycles. The molecule has 4 N–H and O–H groups in total. The van der Waals surface area contributed by atoms with Crippen LogP contribution in [0.1, 0.15) is 32.4 Å². The molecule has 1 rings (SSSR count). The molecule has 1 aromatic carbocycles. The van der Waals surface area contributed by atoms with Gasteiger partial charge >= 0.3 is 0 Å². The summed E-state index contributed by atoms with van der Waals surface area (Å²) in [6.45, 7) is 5.38. The van der Waals surface area contributed by atoms with Gasteiger partial charge in [-0.25, -0.2) is 12.8 Å². The number of aliphatic hydroxyl groups is 1. The van der Waals surface area contributed by atoms with Crippen LogP contribution < -0.4 is 11.1 Å². The molecular weight excluding hydrogens is 283 g/mol. The number of sulfone groups is 1. The van der Waals surface area contributed by atoms with E-state index < -0.39 is 27.4 Å². The van der Waals surface area contributed by atoms with E-state index in [9.17, 15) is 17.9 Å². The van der Waals surface area contributed by atoms with Crippen LogP contribution >= 0.6 is 0 Å². The number of aliphatic hydroxyl groups excluding tert-OH is 1. The van der Waals surface area contributed by atoms with Crippen LogP contribution in [0, 0.1) is 5.82 Å². The zero-order chi connectivity index (χ0) is 15.7. The zero-order valence-corrected chi connectivity index (χ0v) is 12.9. The van der Waals surface area contributed by atoms with Crippen molar-refractivity contribution in [3.63, 3.8) is 0 Å². The van der Waals surface area contributed by atoms with Crippen molar-refractivity contribution in [2.24, 2.45) is 0 Å². The summed E-state index contributed by atoms with van der Waals surface area (Å²) < 4.78 is 37.1. The summed E-state index contributed by atoms with van der Waals surface area (Å²) in [4.78, 5) is -0.262. The minimum Gasteiger partial charge on any atom is -0.395 e. The van der Waals surface area contributed by atoms with Crippen molar-refractivity contribution in [3.05, 3.63) is 23.5 Å². The molecule has 1 aromatic rings. The number of hydrogen-bond acceptors (Lipinski definition) is 5. The van der Waals surface area contributed by atoms with Gasteiger partial charge in [0.15, 0.2) is 9.84 Å². The Balaban J connectivity index is 3.35. The molecule has 0 bridgehead atoms. The molecule has 0 heterocycles. The SMILES string of the molecule is CC(C)(C)NC(CO)c1cc(F)c(N)c(S(C)(=O)=O)c1. The molecule has 0 fully saturated rings. The van der Waals surface area contributed by atoms with Gasteiger partial charge in [0, 0.05) is 11.8 Å². The second kappa shape index (κ2) is 5.67. The van der Waals surface area contributed by atoms with Crippen molar-refractivity contribution >= 4 is 15.5 Å². The number of benzene rings is 1. The predicted octanol–water partition coefficient (Wildman–Crippen LogP) is 1.23. The molecule has 7 heteroatoms. The Labute approximate surface area is 118 Å². The predicted molar refractivity (Wildman–Crippen MR) is 76.6 cm³/mol. The van der Waals surface area contributed by atoms with E-state index in [0.29, 0.717) is 5.56 Å². The molecular formula is C13H21FN2O3S. The highest BCUT2D eigenvalue weighted by Crippen LogP contribution is 2.27. The van der Waals surface area contributed by atoms with Crippen molar-refractivity contribution in [2.45, 2.75) is 37.2 Å². The fourth-order valence-electron chi connectivity index (χ4n) is 1.88. The topological polar surface area (TPSA) is 92.4 Å². The first-order chi connectivity index (χ1) is 8.95. The lowest BCUT2D eigenvalue weighted by Crippen LogP contribution is -2.40. The van der Waals surface area contributed by atoms with Gasteiger partial charge in [-0.1, -0.05) is 0 Å². The van der Waals surface area contributed by atoms with Crippen LogP contribution in [0.15, 0.2) is 17.0 Å². The summed E-state index contributed by atoms with van der Waals surface area (Å²) in [5, 5.41) is 12.5. The lowest BCUT2D eigenvalue weighted by molar-refractivity contribution is 0.217. The Kier molecular flexibility index (Phi) is 4.78. The molecule has 0 radical (unpaired) electrons. The monoisotopic (exact) mass is 304 g/mol. The van der Waals surface area contributed by atoms with E-state index >= 15 is 0 Å². The van der Waals surface area contributed by atoms with Crippen LogP contribution in [0.2, 0.25) is 0 Å². The third kappa shape index (κ3) is 4.16. The average Bonchev–Trinajstić information content (AvgIpc) is 2.26. The average molecular weight is 304 g/mol. The second-order valence-electron chi connectivity index (χ2n) is 5.82. The molecule has 1 unspecified atom stereocenters. The lowest BCUT2D eigenvalue weighted by Gasteiger charge is -2.28. The first kappa shape index (κ1) is 16.9. The molecule has 114 valence electrons. The fourth-order valence-corrected chi connectivity index (χ4v) is 2.72. The van der Waals surface area contributed by atoms with E-state index in [1.165, 1.54) is 6.07 Å². The Morgan fingerprint density at radius 1 is 1.40 bits per heavy atom. The summed E-state index contributed by atoms with van der Waals surface area (Å²) >= 11 is 0. The van der Waals surface area contributed by atoms with E-state index in [0.717, 1.165) is 12.3 Å². The van der Waals surface area contributed by atoms with E-state index in [4.69, 9.17) is 5.73 Å².